The lowest BCUT2D eigenvalue weighted by atomic mass is 10.0. The predicted molar refractivity (Wildman–Crippen MR) is 120 cm³/mol. The highest BCUT2D eigenvalue weighted by atomic mass is 19.4. The fraction of sp³-hybridized carbons (Fsp3) is 0.333. The number of aryl methyl sites for hydroxylation is 1. The minimum atomic E-state index is -4.40. The van der Waals surface area contributed by atoms with E-state index in [4.69, 9.17) is 4.74 Å². The third-order valence-corrected chi connectivity index (χ3v) is 5.88. The summed E-state index contributed by atoms with van der Waals surface area (Å²) in [5.41, 5.74) is 1.80. The molecule has 1 saturated heterocycles. The number of alkyl halides is 3. The molecule has 0 spiro atoms. The van der Waals surface area contributed by atoms with Gasteiger partial charge in [-0.2, -0.15) is 13.2 Å². The number of ether oxygens (including phenoxy) is 1. The van der Waals surface area contributed by atoms with Gasteiger partial charge in [-0.25, -0.2) is 4.98 Å². The number of methoxy groups -OCH3 is 1. The quantitative estimate of drug-likeness (QED) is 0.591. The number of amides is 1. The zero-order valence-electron chi connectivity index (χ0n) is 18.7. The second kappa shape index (κ2) is 9.38. The van der Waals surface area contributed by atoms with E-state index in [1.807, 2.05) is 18.0 Å². The van der Waals surface area contributed by atoms with Gasteiger partial charge in [0.15, 0.2) is 0 Å². The van der Waals surface area contributed by atoms with Crippen molar-refractivity contribution in [2.45, 2.75) is 31.7 Å². The molecule has 0 aliphatic carbocycles. The lowest BCUT2D eigenvalue weighted by molar-refractivity contribution is -0.137. The molecule has 1 aromatic heterocycles. The summed E-state index contributed by atoms with van der Waals surface area (Å²) in [4.78, 5) is 19.0. The first-order valence-electron chi connectivity index (χ1n) is 10.8. The van der Waals surface area contributed by atoms with Crippen LogP contribution in [0.1, 0.15) is 28.0 Å². The van der Waals surface area contributed by atoms with Crippen LogP contribution in [0.5, 0.6) is 5.75 Å². The first kappa shape index (κ1) is 23.6. The molecule has 2 N–H and O–H groups in total. The number of hydrogen-bond donors (Lipinski definition) is 2. The van der Waals surface area contributed by atoms with Crippen LogP contribution in [0.25, 0.3) is 5.69 Å². The van der Waals surface area contributed by atoms with Gasteiger partial charge in [-0.3, -0.25) is 4.79 Å². The summed E-state index contributed by atoms with van der Waals surface area (Å²) >= 11 is 0. The lowest BCUT2D eigenvalue weighted by Gasteiger charge is -2.38. The van der Waals surface area contributed by atoms with E-state index in [0.717, 1.165) is 23.5 Å². The molecule has 0 radical (unpaired) electrons. The zero-order chi connectivity index (χ0) is 24.5. The molecule has 3 aromatic rings. The SMILES string of the molecule is COc1cc(C(=O)NC2CN(c3ccc(C(F)(F)F)cc3)CCC2O)ccc1-n1cnc(C)c1. The molecule has 0 saturated carbocycles. The van der Waals surface area contributed by atoms with Gasteiger partial charge in [0.2, 0.25) is 0 Å². The molecule has 2 aromatic carbocycles. The average molecular weight is 474 g/mol. The number of piperidine rings is 1. The highest BCUT2D eigenvalue weighted by Crippen LogP contribution is 2.31. The fourth-order valence-electron chi connectivity index (χ4n) is 4.01. The van der Waals surface area contributed by atoms with Gasteiger partial charge in [-0.05, 0) is 55.8 Å². The molecule has 7 nitrogen and oxygen atoms in total. The summed E-state index contributed by atoms with van der Waals surface area (Å²) in [6.45, 7) is 2.60. The Morgan fingerprint density at radius 3 is 2.56 bits per heavy atom. The Balaban J connectivity index is 1.47. The van der Waals surface area contributed by atoms with Crippen LogP contribution >= 0.6 is 0 Å². The van der Waals surface area contributed by atoms with Gasteiger partial charge < -0.3 is 24.6 Å². The lowest BCUT2D eigenvalue weighted by Crippen LogP contribution is -2.55. The number of rotatable bonds is 5. The van der Waals surface area contributed by atoms with Crippen LogP contribution in [0, 0.1) is 6.92 Å². The maximum atomic E-state index is 12.9. The predicted octanol–water partition coefficient (Wildman–Crippen LogP) is 3.58. The first-order valence-corrected chi connectivity index (χ1v) is 10.8. The van der Waals surface area contributed by atoms with Crippen LogP contribution in [0.4, 0.5) is 18.9 Å². The number of benzene rings is 2. The van der Waals surface area contributed by atoms with Gasteiger partial charge in [0, 0.05) is 30.5 Å². The van der Waals surface area contributed by atoms with Crippen molar-refractivity contribution in [1.29, 1.82) is 0 Å². The van der Waals surface area contributed by atoms with Crippen LogP contribution in [0.3, 0.4) is 0 Å². The minimum absolute atomic E-state index is 0.266. The van der Waals surface area contributed by atoms with E-state index in [1.165, 1.54) is 19.2 Å². The van der Waals surface area contributed by atoms with Gasteiger partial charge in [-0.1, -0.05) is 0 Å². The monoisotopic (exact) mass is 474 g/mol. The highest BCUT2D eigenvalue weighted by molar-refractivity contribution is 5.95. The Kier molecular flexibility index (Phi) is 6.52. The maximum absolute atomic E-state index is 12.9. The number of anilines is 1. The Morgan fingerprint density at radius 2 is 1.94 bits per heavy atom. The minimum Gasteiger partial charge on any atom is -0.495 e. The highest BCUT2D eigenvalue weighted by Gasteiger charge is 2.32. The number of carbonyl (C=O) groups excluding carboxylic acids is 1. The molecule has 34 heavy (non-hydrogen) atoms. The smallest absolute Gasteiger partial charge is 0.416 e. The molecule has 4 rings (SSSR count). The van der Waals surface area contributed by atoms with Crippen molar-refractivity contribution in [3.8, 4) is 11.4 Å². The van der Waals surface area contributed by atoms with Crippen LogP contribution in [-0.4, -0.2) is 52.9 Å². The van der Waals surface area contributed by atoms with Crippen molar-refractivity contribution >= 4 is 11.6 Å². The largest absolute Gasteiger partial charge is 0.495 e. The van der Waals surface area contributed by atoms with Crippen LogP contribution in [0.2, 0.25) is 0 Å². The van der Waals surface area contributed by atoms with Crippen LogP contribution < -0.4 is 15.0 Å². The summed E-state index contributed by atoms with van der Waals surface area (Å²) < 4.78 is 45.8. The van der Waals surface area contributed by atoms with E-state index in [0.29, 0.717) is 30.0 Å². The number of aliphatic hydroxyl groups is 1. The molecule has 1 fully saturated rings. The summed E-state index contributed by atoms with van der Waals surface area (Å²) in [5.74, 6) is 0.102. The second-order valence-electron chi connectivity index (χ2n) is 8.24. The van der Waals surface area contributed by atoms with Crippen molar-refractivity contribution in [3.63, 3.8) is 0 Å². The van der Waals surface area contributed by atoms with E-state index in [9.17, 15) is 23.1 Å². The summed E-state index contributed by atoms with van der Waals surface area (Å²) in [5, 5.41) is 13.3. The first-order chi connectivity index (χ1) is 16.2. The molecular formula is C24H25F3N4O3. The van der Waals surface area contributed by atoms with Crippen LogP contribution in [-0.2, 0) is 6.18 Å². The van der Waals surface area contributed by atoms with E-state index in [1.54, 1.807) is 29.1 Å². The van der Waals surface area contributed by atoms with Crippen LogP contribution in [0.15, 0.2) is 55.0 Å². The Labute approximate surface area is 194 Å². The standard InChI is InChI=1S/C24H25F3N4O3/c1-15-12-31(14-28-15)20-8-3-16(11-22(20)34-2)23(33)29-19-13-30(10-9-21(19)32)18-6-4-17(5-7-18)24(25,26)27/h3-8,11-12,14,19,21,32H,9-10,13H2,1-2H3,(H,29,33). The summed E-state index contributed by atoms with van der Waals surface area (Å²) in [7, 11) is 1.51. The molecule has 0 bridgehead atoms. The number of nitrogens with zero attached hydrogens (tertiary/aromatic N) is 3. The average Bonchev–Trinajstić information content (AvgIpc) is 3.25. The summed E-state index contributed by atoms with van der Waals surface area (Å²) in [6.07, 6.45) is -1.31. The van der Waals surface area contributed by atoms with Crippen molar-refractivity contribution in [1.82, 2.24) is 14.9 Å². The van der Waals surface area contributed by atoms with E-state index >= 15 is 0 Å². The van der Waals surface area contributed by atoms with Crippen molar-refractivity contribution in [2.75, 3.05) is 25.1 Å². The second-order valence-corrected chi connectivity index (χ2v) is 8.24. The van der Waals surface area contributed by atoms with E-state index < -0.39 is 23.9 Å². The molecule has 2 unspecified atom stereocenters. The fourth-order valence-corrected chi connectivity index (χ4v) is 4.01. The normalized spacial score (nSPS) is 18.6. The Morgan fingerprint density at radius 1 is 1.21 bits per heavy atom. The number of nitrogens with one attached hydrogen (secondary N) is 1. The van der Waals surface area contributed by atoms with Gasteiger partial charge in [-0.15, -0.1) is 0 Å². The number of hydrogen-bond acceptors (Lipinski definition) is 5. The number of aromatic nitrogens is 2. The van der Waals surface area contributed by atoms with Gasteiger partial charge in [0.1, 0.15) is 5.75 Å². The summed E-state index contributed by atoms with van der Waals surface area (Å²) in [6, 6.07) is 9.30. The molecule has 180 valence electrons. The van der Waals surface area contributed by atoms with Crippen molar-refractivity contribution in [2.24, 2.45) is 0 Å². The molecule has 1 amide bonds. The number of imidazole rings is 1. The van der Waals surface area contributed by atoms with Gasteiger partial charge in [0.05, 0.1) is 42.5 Å². The third kappa shape index (κ3) is 5.01. The van der Waals surface area contributed by atoms with Crippen molar-refractivity contribution < 1.29 is 27.8 Å². The third-order valence-electron chi connectivity index (χ3n) is 5.88. The Hall–Kier alpha value is -3.53. The molecule has 1 aliphatic heterocycles. The molecule has 2 heterocycles. The van der Waals surface area contributed by atoms with Gasteiger partial charge in [0.25, 0.3) is 5.91 Å². The van der Waals surface area contributed by atoms with Gasteiger partial charge >= 0.3 is 6.18 Å². The number of carbonyl (C=O) groups is 1. The molecule has 2 atom stereocenters. The molecule has 1 aliphatic rings. The topological polar surface area (TPSA) is 79.6 Å². The maximum Gasteiger partial charge on any atom is 0.416 e. The zero-order valence-corrected chi connectivity index (χ0v) is 18.7. The molecular weight excluding hydrogens is 449 g/mol. The Bertz CT molecular complexity index is 1160. The number of aliphatic hydroxyl groups excluding tert-OH is 1. The number of halogens is 3. The van der Waals surface area contributed by atoms with E-state index in [-0.39, 0.29) is 12.5 Å². The van der Waals surface area contributed by atoms with Crippen molar-refractivity contribution in [3.05, 3.63) is 71.8 Å². The van der Waals surface area contributed by atoms with E-state index in [2.05, 4.69) is 10.3 Å². The molecule has 10 heteroatoms.